The maximum atomic E-state index is 12.8. The second-order valence-corrected chi connectivity index (χ2v) is 5.95. The second-order valence-electron chi connectivity index (χ2n) is 5.59. The van der Waals surface area contributed by atoms with Crippen molar-refractivity contribution >= 4 is 28.4 Å². The highest BCUT2D eigenvalue weighted by molar-refractivity contribution is 6.30. The molecule has 0 fully saturated rings. The number of para-hydroxylation sites is 2. The van der Waals surface area contributed by atoms with Gasteiger partial charge in [-0.15, -0.1) is 0 Å². The van der Waals surface area contributed by atoms with Crippen LogP contribution in [0.2, 0.25) is 5.15 Å². The molecule has 128 valence electrons. The fourth-order valence-electron chi connectivity index (χ4n) is 2.64. The van der Waals surface area contributed by atoms with Crippen molar-refractivity contribution in [2.24, 2.45) is 7.05 Å². The molecule has 0 aliphatic carbocycles. The van der Waals surface area contributed by atoms with Gasteiger partial charge in [0, 0.05) is 25.0 Å². The fraction of sp³-hybridized carbons (Fsp3) is 0.0526. The number of hydrogen-bond acceptors (Lipinski definition) is 5. The van der Waals surface area contributed by atoms with Crippen LogP contribution >= 0.6 is 11.6 Å². The Kier molecular flexibility index (Phi) is 4.10. The van der Waals surface area contributed by atoms with Gasteiger partial charge in [0.15, 0.2) is 11.0 Å². The van der Waals surface area contributed by atoms with Gasteiger partial charge >= 0.3 is 0 Å². The molecule has 0 saturated carbocycles. The normalized spacial score (nSPS) is 10.8. The Morgan fingerprint density at radius 1 is 1.04 bits per heavy atom. The fourth-order valence-corrected chi connectivity index (χ4v) is 2.78. The lowest BCUT2D eigenvalue weighted by molar-refractivity contribution is 0.102. The van der Waals surface area contributed by atoms with Crippen LogP contribution in [0.4, 0.5) is 0 Å². The number of ether oxygens (including phenoxy) is 1. The number of rotatable bonds is 4. The third-order valence-electron chi connectivity index (χ3n) is 3.94. The second kappa shape index (κ2) is 6.57. The molecule has 0 amide bonds. The molecule has 0 atom stereocenters. The first-order chi connectivity index (χ1) is 12.6. The average molecular weight is 365 g/mol. The molecule has 4 aromatic rings. The molecule has 0 unspecified atom stereocenters. The third-order valence-corrected chi connectivity index (χ3v) is 4.20. The summed E-state index contributed by atoms with van der Waals surface area (Å²) < 4.78 is 7.38. The van der Waals surface area contributed by atoms with Gasteiger partial charge in [0.05, 0.1) is 11.0 Å². The number of benzene rings is 2. The molecule has 0 saturated heterocycles. The Balaban J connectivity index is 1.61. The number of imidazole rings is 1. The first-order valence-electron chi connectivity index (χ1n) is 7.84. The molecule has 0 aliphatic heterocycles. The van der Waals surface area contributed by atoms with Crippen LogP contribution in [0.5, 0.6) is 11.6 Å². The molecule has 2 aromatic carbocycles. The lowest BCUT2D eigenvalue weighted by atomic mass is 10.1. The van der Waals surface area contributed by atoms with Crippen LogP contribution in [0.25, 0.3) is 11.0 Å². The van der Waals surface area contributed by atoms with Crippen LogP contribution in [0.15, 0.2) is 60.9 Å². The number of halogens is 1. The first kappa shape index (κ1) is 16.2. The van der Waals surface area contributed by atoms with E-state index in [9.17, 15) is 4.79 Å². The zero-order valence-electron chi connectivity index (χ0n) is 13.8. The molecule has 7 heteroatoms. The number of carbonyl (C=O) groups excluding carboxylic acids is 1. The van der Waals surface area contributed by atoms with Gasteiger partial charge < -0.3 is 9.30 Å². The van der Waals surface area contributed by atoms with Crippen LogP contribution in [0, 0.1) is 0 Å². The highest BCUT2D eigenvalue weighted by atomic mass is 35.5. The highest BCUT2D eigenvalue weighted by Crippen LogP contribution is 2.25. The van der Waals surface area contributed by atoms with Crippen molar-refractivity contribution in [1.82, 2.24) is 19.5 Å². The van der Waals surface area contributed by atoms with E-state index in [-0.39, 0.29) is 16.8 Å². The SMILES string of the molecule is Cn1c(C(=O)c2ccc(Oc3nccnc3Cl)cc2)nc2ccccc21. The van der Waals surface area contributed by atoms with E-state index in [4.69, 9.17) is 16.3 Å². The predicted molar refractivity (Wildman–Crippen MR) is 97.7 cm³/mol. The zero-order chi connectivity index (χ0) is 18.1. The van der Waals surface area contributed by atoms with Crippen LogP contribution in [0.1, 0.15) is 16.2 Å². The van der Waals surface area contributed by atoms with Crippen LogP contribution < -0.4 is 4.74 Å². The van der Waals surface area contributed by atoms with Crippen molar-refractivity contribution in [1.29, 1.82) is 0 Å². The minimum atomic E-state index is -0.159. The van der Waals surface area contributed by atoms with Crippen molar-refractivity contribution in [3.05, 3.63) is 77.5 Å². The van der Waals surface area contributed by atoms with Crippen molar-refractivity contribution in [3.8, 4) is 11.6 Å². The Labute approximate surface area is 154 Å². The van der Waals surface area contributed by atoms with Crippen molar-refractivity contribution < 1.29 is 9.53 Å². The molecule has 6 nitrogen and oxygen atoms in total. The first-order valence-corrected chi connectivity index (χ1v) is 8.22. The average Bonchev–Trinajstić information content (AvgIpc) is 3.01. The molecule has 2 aromatic heterocycles. The van der Waals surface area contributed by atoms with E-state index in [0.717, 1.165) is 11.0 Å². The topological polar surface area (TPSA) is 69.9 Å². The van der Waals surface area contributed by atoms with E-state index in [1.54, 1.807) is 28.8 Å². The van der Waals surface area contributed by atoms with E-state index in [2.05, 4.69) is 15.0 Å². The van der Waals surface area contributed by atoms with E-state index >= 15 is 0 Å². The van der Waals surface area contributed by atoms with Crippen molar-refractivity contribution in [3.63, 3.8) is 0 Å². The number of carbonyl (C=O) groups is 1. The molecule has 0 radical (unpaired) electrons. The molecular weight excluding hydrogens is 352 g/mol. The smallest absolute Gasteiger partial charge is 0.257 e. The van der Waals surface area contributed by atoms with Crippen LogP contribution in [0.3, 0.4) is 0 Å². The summed E-state index contributed by atoms with van der Waals surface area (Å²) in [6.07, 6.45) is 2.97. The third kappa shape index (κ3) is 2.91. The van der Waals surface area contributed by atoms with Gasteiger partial charge in [-0.05, 0) is 36.4 Å². The number of nitrogens with zero attached hydrogens (tertiary/aromatic N) is 4. The number of hydrogen-bond donors (Lipinski definition) is 0. The standard InChI is InChI=1S/C19H13ClN4O2/c1-24-15-5-3-2-4-14(15)23-18(24)16(25)12-6-8-13(9-7-12)26-19-17(20)21-10-11-22-19/h2-11H,1H3. The summed E-state index contributed by atoms with van der Waals surface area (Å²) in [5.74, 6) is 0.946. The minimum Gasteiger partial charge on any atom is -0.436 e. The number of aromatic nitrogens is 4. The van der Waals surface area contributed by atoms with Gasteiger partial charge in [0.2, 0.25) is 5.78 Å². The van der Waals surface area contributed by atoms with E-state index in [1.807, 2.05) is 31.3 Å². The molecule has 26 heavy (non-hydrogen) atoms. The summed E-state index contributed by atoms with van der Waals surface area (Å²) >= 11 is 5.93. The van der Waals surface area contributed by atoms with Gasteiger partial charge in [-0.3, -0.25) is 4.79 Å². The lowest BCUT2D eigenvalue weighted by Crippen LogP contribution is -2.08. The molecular formula is C19H13ClN4O2. The van der Waals surface area contributed by atoms with Crippen LogP contribution in [-0.2, 0) is 7.05 Å². The maximum Gasteiger partial charge on any atom is 0.257 e. The Bertz CT molecular complexity index is 1110. The maximum absolute atomic E-state index is 12.8. The molecule has 2 heterocycles. The predicted octanol–water partition coefficient (Wildman–Crippen LogP) is 4.04. The van der Waals surface area contributed by atoms with Gasteiger partial charge in [-0.2, -0.15) is 0 Å². The Morgan fingerprint density at radius 3 is 2.50 bits per heavy atom. The zero-order valence-corrected chi connectivity index (χ0v) is 14.5. The number of ketones is 1. The van der Waals surface area contributed by atoms with Gasteiger partial charge in [-0.25, -0.2) is 15.0 Å². The van der Waals surface area contributed by atoms with E-state index in [0.29, 0.717) is 17.1 Å². The van der Waals surface area contributed by atoms with Crippen molar-refractivity contribution in [2.75, 3.05) is 0 Å². The quantitative estimate of drug-likeness (QED) is 0.511. The Hall–Kier alpha value is -3.25. The van der Waals surface area contributed by atoms with Gasteiger partial charge in [-0.1, -0.05) is 23.7 Å². The van der Waals surface area contributed by atoms with E-state index in [1.165, 1.54) is 12.4 Å². The summed E-state index contributed by atoms with van der Waals surface area (Å²) in [7, 11) is 1.83. The summed E-state index contributed by atoms with van der Waals surface area (Å²) in [5, 5.41) is 0.173. The van der Waals surface area contributed by atoms with Gasteiger partial charge in [0.25, 0.3) is 5.88 Å². The summed E-state index contributed by atoms with van der Waals surface area (Å²) in [6.45, 7) is 0. The lowest BCUT2D eigenvalue weighted by Gasteiger charge is -2.06. The van der Waals surface area contributed by atoms with Crippen LogP contribution in [-0.4, -0.2) is 25.3 Å². The summed E-state index contributed by atoms with van der Waals surface area (Å²) in [5.41, 5.74) is 2.21. The Morgan fingerprint density at radius 2 is 1.77 bits per heavy atom. The van der Waals surface area contributed by atoms with Crippen molar-refractivity contribution in [2.45, 2.75) is 0 Å². The number of aryl methyl sites for hydroxylation is 1. The molecule has 0 aliphatic rings. The molecule has 4 rings (SSSR count). The molecule has 0 N–H and O–H groups in total. The highest BCUT2D eigenvalue weighted by Gasteiger charge is 2.17. The van der Waals surface area contributed by atoms with Gasteiger partial charge in [0.1, 0.15) is 5.75 Å². The molecule has 0 spiro atoms. The summed E-state index contributed by atoms with van der Waals surface area (Å²) in [6, 6.07) is 14.4. The number of fused-ring (bicyclic) bond motifs is 1. The molecule has 0 bridgehead atoms. The largest absolute Gasteiger partial charge is 0.436 e. The minimum absolute atomic E-state index is 0.159. The van der Waals surface area contributed by atoms with E-state index < -0.39 is 0 Å². The summed E-state index contributed by atoms with van der Waals surface area (Å²) in [4.78, 5) is 25.2. The monoisotopic (exact) mass is 364 g/mol.